The van der Waals surface area contributed by atoms with Crippen molar-refractivity contribution in [3.63, 3.8) is 0 Å². The van der Waals surface area contributed by atoms with E-state index in [0.717, 1.165) is 5.56 Å². The van der Waals surface area contributed by atoms with Crippen molar-refractivity contribution in [1.29, 1.82) is 0 Å². The van der Waals surface area contributed by atoms with E-state index in [1.807, 2.05) is 0 Å². The Morgan fingerprint density at radius 2 is 2.31 bits per heavy atom. The molecule has 0 aromatic heterocycles. The van der Waals surface area contributed by atoms with E-state index in [0.29, 0.717) is 12.3 Å². The van der Waals surface area contributed by atoms with Crippen LogP contribution < -0.4 is 5.43 Å². The van der Waals surface area contributed by atoms with Gasteiger partial charge in [-0.3, -0.25) is 0 Å². The van der Waals surface area contributed by atoms with Gasteiger partial charge in [-0.1, -0.05) is 12.1 Å². The number of carbonyl (C=O) groups is 1. The van der Waals surface area contributed by atoms with Crippen molar-refractivity contribution >= 4 is 11.8 Å². The molecule has 0 unspecified atom stereocenters. The Balaban J connectivity index is 2.67. The maximum absolute atomic E-state index is 11.0. The van der Waals surface area contributed by atoms with Crippen molar-refractivity contribution < 1.29 is 14.6 Å². The first kappa shape index (κ1) is 12.0. The van der Waals surface area contributed by atoms with Crippen molar-refractivity contribution in [1.82, 2.24) is 5.43 Å². The molecule has 0 atom stereocenters. The number of benzene rings is 1. The molecule has 0 aliphatic heterocycles. The van der Waals surface area contributed by atoms with Crippen LogP contribution in [0, 0.1) is 0 Å². The van der Waals surface area contributed by atoms with Crippen LogP contribution in [0.3, 0.4) is 0 Å². The van der Waals surface area contributed by atoms with Gasteiger partial charge >= 0.3 is 6.09 Å². The van der Waals surface area contributed by atoms with Gasteiger partial charge in [0.25, 0.3) is 0 Å². The molecule has 1 aromatic rings. The van der Waals surface area contributed by atoms with E-state index in [4.69, 9.17) is 0 Å². The maximum atomic E-state index is 11.0. The minimum absolute atomic E-state index is 0.156. The standard InChI is InChI=1S/C11H14N2O3/c1-3-16-11(15)13-12-8(2)9-5-4-6-10(14)7-9/h4-7,14H,3H2,1-2H3,(H,13,15)/b12-8+. The fraction of sp³-hybridized carbons (Fsp3) is 0.273. The van der Waals surface area contributed by atoms with Crippen molar-refractivity contribution in [2.24, 2.45) is 5.10 Å². The number of nitrogens with zero attached hydrogens (tertiary/aromatic N) is 1. The van der Waals surface area contributed by atoms with Crippen LogP contribution in [0.5, 0.6) is 5.75 Å². The zero-order valence-corrected chi connectivity index (χ0v) is 9.23. The molecule has 0 fully saturated rings. The summed E-state index contributed by atoms with van der Waals surface area (Å²) in [6, 6.07) is 6.61. The molecule has 0 radical (unpaired) electrons. The molecule has 5 nitrogen and oxygen atoms in total. The van der Waals surface area contributed by atoms with Gasteiger partial charge < -0.3 is 9.84 Å². The highest BCUT2D eigenvalue weighted by molar-refractivity contribution is 5.99. The van der Waals surface area contributed by atoms with Crippen LogP contribution in [0.1, 0.15) is 19.4 Å². The maximum Gasteiger partial charge on any atom is 0.427 e. The third-order valence-electron chi connectivity index (χ3n) is 1.85. The fourth-order valence-electron chi connectivity index (χ4n) is 1.09. The Labute approximate surface area is 93.7 Å². The minimum atomic E-state index is -0.595. The molecule has 2 N–H and O–H groups in total. The molecule has 1 amide bonds. The van der Waals surface area contributed by atoms with Gasteiger partial charge in [0, 0.05) is 5.56 Å². The number of hydrogen-bond acceptors (Lipinski definition) is 4. The topological polar surface area (TPSA) is 70.9 Å². The summed E-state index contributed by atoms with van der Waals surface area (Å²) in [5, 5.41) is 13.1. The Morgan fingerprint density at radius 3 is 2.94 bits per heavy atom. The quantitative estimate of drug-likeness (QED) is 0.605. The lowest BCUT2D eigenvalue weighted by Gasteiger charge is -2.03. The van der Waals surface area contributed by atoms with Crippen LogP contribution in [0.4, 0.5) is 4.79 Å². The molecule has 5 heteroatoms. The summed E-state index contributed by atoms with van der Waals surface area (Å²) in [7, 11) is 0. The molecule has 0 saturated heterocycles. The van der Waals surface area contributed by atoms with Crippen LogP contribution in [0.2, 0.25) is 0 Å². The zero-order chi connectivity index (χ0) is 12.0. The third-order valence-corrected chi connectivity index (χ3v) is 1.85. The Morgan fingerprint density at radius 1 is 1.56 bits per heavy atom. The number of aromatic hydroxyl groups is 1. The zero-order valence-electron chi connectivity index (χ0n) is 9.23. The number of carbonyl (C=O) groups excluding carboxylic acids is 1. The van der Waals surface area contributed by atoms with Crippen LogP contribution in [-0.4, -0.2) is 23.5 Å². The first-order valence-corrected chi connectivity index (χ1v) is 4.90. The predicted octanol–water partition coefficient (Wildman–Crippen LogP) is 1.86. The summed E-state index contributed by atoms with van der Waals surface area (Å²) >= 11 is 0. The SMILES string of the molecule is CCOC(=O)N/N=C(\C)c1cccc(O)c1. The highest BCUT2D eigenvalue weighted by Crippen LogP contribution is 2.11. The van der Waals surface area contributed by atoms with Gasteiger partial charge in [-0.15, -0.1) is 0 Å². The van der Waals surface area contributed by atoms with Crippen LogP contribution in [-0.2, 0) is 4.74 Å². The van der Waals surface area contributed by atoms with Gasteiger partial charge in [-0.25, -0.2) is 10.2 Å². The van der Waals surface area contributed by atoms with Crippen molar-refractivity contribution in [3.8, 4) is 5.75 Å². The summed E-state index contributed by atoms with van der Waals surface area (Å²) < 4.78 is 4.65. The molecule has 86 valence electrons. The highest BCUT2D eigenvalue weighted by atomic mass is 16.5. The largest absolute Gasteiger partial charge is 0.508 e. The number of phenolic OH excluding ortho intramolecular Hbond substituents is 1. The number of nitrogens with one attached hydrogen (secondary N) is 1. The lowest BCUT2D eigenvalue weighted by Crippen LogP contribution is -2.20. The number of rotatable bonds is 3. The number of phenols is 1. The van der Waals surface area contributed by atoms with Gasteiger partial charge in [0.1, 0.15) is 5.75 Å². The van der Waals surface area contributed by atoms with E-state index in [1.54, 1.807) is 38.1 Å². The summed E-state index contributed by atoms with van der Waals surface area (Å²) in [4.78, 5) is 11.0. The van der Waals surface area contributed by atoms with Gasteiger partial charge in [0.05, 0.1) is 12.3 Å². The predicted molar refractivity (Wildman–Crippen MR) is 60.5 cm³/mol. The Bertz CT molecular complexity index is 402. The summed E-state index contributed by atoms with van der Waals surface area (Å²) in [6.45, 7) is 3.74. The molecule has 1 aromatic carbocycles. The van der Waals surface area contributed by atoms with E-state index in [1.165, 1.54) is 0 Å². The second-order valence-electron chi connectivity index (χ2n) is 3.08. The lowest BCUT2D eigenvalue weighted by atomic mass is 10.1. The number of hydrazone groups is 1. The molecule has 0 aliphatic rings. The van der Waals surface area contributed by atoms with E-state index >= 15 is 0 Å². The average molecular weight is 222 g/mol. The molecule has 0 aliphatic carbocycles. The average Bonchev–Trinajstić information content (AvgIpc) is 2.26. The molecule has 0 bridgehead atoms. The van der Waals surface area contributed by atoms with Crippen molar-refractivity contribution in [3.05, 3.63) is 29.8 Å². The van der Waals surface area contributed by atoms with E-state index < -0.39 is 6.09 Å². The first-order chi connectivity index (χ1) is 7.63. The molecule has 0 heterocycles. The Hall–Kier alpha value is -2.04. The fourth-order valence-corrected chi connectivity index (χ4v) is 1.09. The van der Waals surface area contributed by atoms with Crippen molar-refractivity contribution in [2.45, 2.75) is 13.8 Å². The van der Waals surface area contributed by atoms with Crippen LogP contribution >= 0.6 is 0 Å². The van der Waals surface area contributed by atoms with Gasteiger partial charge in [0.2, 0.25) is 0 Å². The molecule has 0 saturated carbocycles. The van der Waals surface area contributed by atoms with Crippen LogP contribution in [0.25, 0.3) is 0 Å². The van der Waals surface area contributed by atoms with E-state index in [-0.39, 0.29) is 5.75 Å². The minimum Gasteiger partial charge on any atom is -0.508 e. The number of amides is 1. The summed E-state index contributed by atoms with van der Waals surface area (Å²) in [5.41, 5.74) is 3.57. The van der Waals surface area contributed by atoms with Gasteiger partial charge in [0.15, 0.2) is 0 Å². The number of hydrogen-bond donors (Lipinski definition) is 2. The Kier molecular flexibility index (Phi) is 4.32. The molecule has 1 rings (SSSR count). The van der Waals surface area contributed by atoms with Gasteiger partial charge in [-0.05, 0) is 26.0 Å². The lowest BCUT2D eigenvalue weighted by molar-refractivity contribution is 0.152. The molecule has 16 heavy (non-hydrogen) atoms. The normalized spacial score (nSPS) is 11.0. The molecule has 0 spiro atoms. The second kappa shape index (κ2) is 5.75. The van der Waals surface area contributed by atoms with Crippen LogP contribution in [0.15, 0.2) is 29.4 Å². The van der Waals surface area contributed by atoms with E-state index in [9.17, 15) is 9.90 Å². The third kappa shape index (κ3) is 3.61. The summed E-state index contributed by atoms with van der Waals surface area (Å²) in [5.74, 6) is 0.156. The number of ether oxygens (including phenoxy) is 1. The molecular weight excluding hydrogens is 208 g/mol. The first-order valence-electron chi connectivity index (χ1n) is 4.90. The monoisotopic (exact) mass is 222 g/mol. The van der Waals surface area contributed by atoms with Crippen molar-refractivity contribution in [2.75, 3.05) is 6.61 Å². The molecular formula is C11H14N2O3. The summed E-state index contributed by atoms with van der Waals surface area (Å²) in [6.07, 6.45) is -0.595. The second-order valence-corrected chi connectivity index (χ2v) is 3.08. The van der Waals surface area contributed by atoms with E-state index in [2.05, 4.69) is 15.3 Å². The van der Waals surface area contributed by atoms with Gasteiger partial charge in [-0.2, -0.15) is 5.10 Å². The smallest absolute Gasteiger partial charge is 0.427 e. The highest BCUT2D eigenvalue weighted by Gasteiger charge is 2.01.